The minimum atomic E-state index is -0.157. The number of para-hydroxylation sites is 2. The molecule has 0 aliphatic carbocycles. The van der Waals surface area contributed by atoms with E-state index in [4.69, 9.17) is 0 Å². The summed E-state index contributed by atoms with van der Waals surface area (Å²) in [6.07, 6.45) is 7.91. The monoisotopic (exact) mass is 532 g/mol. The summed E-state index contributed by atoms with van der Waals surface area (Å²) in [4.78, 5) is 11.8. The third-order valence-electron chi connectivity index (χ3n) is 8.64. The van der Waals surface area contributed by atoms with E-state index < -0.39 is 0 Å². The summed E-state index contributed by atoms with van der Waals surface area (Å²) >= 11 is 1.90. The Morgan fingerprint density at radius 3 is 2.33 bits per heavy atom. The molecule has 0 unspecified atom stereocenters. The van der Waals surface area contributed by atoms with Crippen LogP contribution >= 0.6 is 11.3 Å². The molecule has 5 aromatic heterocycles. The first-order valence-electron chi connectivity index (χ1n) is 13.6. The number of pyridine rings is 2. The summed E-state index contributed by atoms with van der Waals surface area (Å²) in [5.41, 5.74) is 9.69. The minimum Gasteiger partial charge on any atom is -0.309 e. The van der Waals surface area contributed by atoms with E-state index in [1.54, 1.807) is 0 Å². The highest BCUT2D eigenvalue weighted by atomic mass is 32.1. The Hall–Kier alpha value is -4.74. The quantitative estimate of drug-likeness (QED) is 0.223. The predicted molar refractivity (Wildman–Crippen MR) is 166 cm³/mol. The number of rotatable bonds is 2. The van der Waals surface area contributed by atoms with Crippen molar-refractivity contribution in [3.8, 4) is 21.8 Å². The molecule has 190 valence electrons. The normalized spacial score (nSPS) is 13.9. The number of benzene rings is 3. The van der Waals surface area contributed by atoms with E-state index in [1.165, 1.54) is 70.5 Å². The van der Waals surface area contributed by atoms with Gasteiger partial charge in [-0.05, 0) is 48.0 Å². The first-order valence-corrected chi connectivity index (χ1v) is 14.4. The van der Waals surface area contributed by atoms with Crippen LogP contribution in [-0.2, 0) is 5.41 Å². The highest BCUT2D eigenvalue weighted by molar-refractivity contribution is 7.16. The molecule has 6 heterocycles. The molecule has 0 atom stereocenters. The van der Waals surface area contributed by atoms with Crippen molar-refractivity contribution in [3.63, 3.8) is 0 Å². The number of hydrogen-bond acceptors (Lipinski definition) is 3. The lowest BCUT2D eigenvalue weighted by Crippen LogP contribution is -2.24. The van der Waals surface area contributed by atoms with Gasteiger partial charge in [-0.15, -0.1) is 11.3 Å². The van der Waals surface area contributed by atoms with Crippen LogP contribution in [0.1, 0.15) is 24.3 Å². The van der Waals surface area contributed by atoms with Gasteiger partial charge in [-0.25, -0.2) is 0 Å². The predicted octanol–water partition coefficient (Wildman–Crippen LogP) is 9.04. The third kappa shape index (κ3) is 2.75. The van der Waals surface area contributed by atoms with E-state index >= 15 is 0 Å². The molecule has 0 spiro atoms. The topological polar surface area (TPSA) is 35.6 Å². The molecular formula is C35H24N4S. The van der Waals surface area contributed by atoms with Gasteiger partial charge in [0.15, 0.2) is 0 Å². The molecule has 0 saturated heterocycles. The summed E-state index contributed by atoms with van der Waals surface area (Å²) in [5, 5.41) is 4.87. The summed E-state index contributed by atoms with van der Waals surface area (Å²) < 4.78 is 4.81. The first kappa shape index (κ1) is 22.1. The summed E-state index contributed by atoms with van der Waals surface area (Å²) in [5.74, 6) is 0. The molecule has 8 aromatic rings. The van der Waals surface area contributed by atoms with E-state index in [2.05, 4.69) is 124 Å². The first-order chi connectivity index (χ1) is 19.6. The number of aromatic nitrogens is 4. The molecule has 3 aromatic carbocycles. The zero-order valence-electron chi connectivity index (χ0n) is 22.1. The van der Waals surface area contributed by atoms with Crippen LogP contribution in [-0.4, -0.2) is 19.1 Å². The number of thiophene rings is 1. The van der Waals surface area contributed by atoms with Crippen molar-refractivity contribution < 1.29 is 0 Å². The van der Waals surface area contributed by atoms with Gasteiger partial charge in [0.25, 0.3) is 0 Å². The van der Waals surface area contributed by atoms with Gasteiger partial charge in [-0.2, -0.15) is 0 Å². The van der Waals surface area contributed by atoms with Crippen LogP contribution in [0.2, 0.25) is 0 Å². The highest BCUT2D eigenvalue weighted by Gasteiger charge is 2.37. The Balaban J connectivity index is 1.31. The van der Waals surface area contributed by atoms with Crippen molar-refractivity contribution in [1.29, 1.82) is 0 Å². The largest absolute Gasteiger partial charge is 0.309 e. The van der Waals surface area contributed by atoms with Crippen LogP contribution in [0.5, 0.6) is 0 Å². The Labute approximate surface area is 234 Å². The van der Waals surface area contributed by atoms with Crippen LogP contribution in [0.15, 0.2) is 110 Å². The van der Waals surface area contributed by atoms with Crippen LogP contribution < -0.4 is 0 Å². The maximum absolute atomic E-state index is 4.67. The van der Waals surface area contributed by atoms with Crippen molar-refractivity contribution in [2.24, 2.45) is 0 Å². The molecule has 0 amide bonds. The second-order valence-corrected chi connectivity index (χ2v) is 12.2. The standard InChI is InChI=1S/C35H24N4S/c1-35(2)27-20-37-19-26-25-18-36-15-14-30(25)39(33(26)27)31-17-32(40-34(31)35)21-12-13-29-24(16-21)23-10-6-7-11-28(23)38(29)22-8-4-3-5-9-22/h3-20H,1-2H3. The highest BCUT2D eigenvalue weighted by Crippen LogP contribution is 2.51. The molecule has 1 aliphatic rings. The molecule has 4 nitrogen and oxygen atoms in total. The van der Waals surface area contributed by atoms with E-state index in [0.29, 0.717) is 0 Å². The molecule has 5 heteroatoms. The fourth-order valence-corrected chi connectivity index (χ4v) is 8.01. The van der Waals surface area contributed by atoms with Gasteiger partial charge in [-0.3, -0.25) is 9.97 Å². The van der Waals surface area contributed by atoms with E-state index in [9.17, 15) is 0 Å². The number of hydrogen-bond donors (Lipinski definition) is 0. The van der Waals surface area contributed by atoms with Gasteiger partial charge in [0.05, 0.1) is 27.8 Å². The fraction of sp³-hybridized carbons (Fsp3) is 0.0857. The van der Waals surface area contributed by atoms with Crippen molar-refractivity contribution in [2.75, 3.05) is 0 Å². The summed E-state index contributed by atoms with van der Waals surface area (Å²) in [7, 11) is 0. The van der Waals surface area contributed by atoms with E-state index in [-0.39, 0.29) is 5.41 Å². The smallest absolute Gasteiger partial charge is 0.0616 e. The van der Waals surface area contributed by atoms with Gasteiger partial charge in [-0.1, -0.05) is 56.3 Å². The second-order valence-electron chi connectivity index (χ2n) is 11.2. The molecule has 1 aliphatic heterocycles. The molecule has 0 bridgehead atoms. The Morgan fingerprint density at radius 2 is 1.43 bits per heavy atom. The Kier molecular flexibility index (Phi) is 4.24. The molecular weight excluding hydrogens is 508 g/mol. The van der Waals surface area contributed by atoms with Gasteiger partial charge in [0, 0.05) is 72.8 Å². The maximum Gasteiger partial charge on any atom is 0.0616 e. The minimum absolute atomic E-state index is 0.157. The average Bonchev–Trinajstić information content (AvgIpc) is 3.68. The third-order valence-corrected chi connectivity index (χ3v) is 10.1. The van der Waals surface area contributed by atoms with E-state index in [0.717, 1.165) is 5.39 Å². The zero-order chi connectivity index (χ0) is 26.6. The average molecular weight is 533 g/mol. The number of fused-ring (bicyclic) bond motifs is 8. The summed E-state index contributed by atoms with van der Waals surface area (Å²) in [6.45, 7) is 4.66. The van der Waals surface area contributed by atoms with Crippen molar-refractivity contribution >= 4 is 54.9 Å². The van der Waals surface area contributed by atoms with Crippen molar-refractivity contribution in [3.05, 3.63) is 120 Å². The van der Waals surface area contributed by atoms with Crippen LogP contribution in [0.25, 0.3) is 65.4 Å². The van der Waals surface area contributed by atoms with Gasteiger partial charge in [0.1, 0.15) is 0 Å². The maximum atomic E-state index is 4.67. The van der Waals surface area contributed by atoms with E-state index in [1.807, 2.05) is 29.9 Å². The van der Waals surface area contributed by atoms with Gasteiger partial charge < -0.3 is 9.13 Å². The molecule has 0 radical (unpaired) electrons. The molecule has 0 saturated carbocycles. The van der Waals surface area contributed by atoms with Crippen LogP contribution in [0.3, 0.4) is 0 Å². The lowest BCUT2D eigenvalue weighted by Gasteiger charge is -2.31. The Bertz CT molecular complexity index is 2300. The van der Waals surface area contributed by atoms with Gasteiger partial charge >= 0.3 is 0 Å². The fourth-order valence-electron chi connectivity index (χ4n) is 6.75. The second kappa shape index (κ2) is 7.68. The van der Waals surface area contributed by atoms with Gasteiger partial charge in [0.2, 0.25) is 0 Å². The lowest BCUT2D eigenvalue weighted by molar-refractivity contribution is 0.642. The lowest BCUT2D eigenvalue weighted by atomic mass is 9.80. The van der Waals surface area contributed by atoms with Crippen molar-refractivity contribution in [1.82, 2.24) is 19.1 Å². The molecule has 0 N–H and O–H groups in total. The zero-order valence-corrected chi connectivity index (χ0v) is 22.9. The summed E-state index contributed by atoms with van der Waals surface area (Å²) in [6, 6.07) is 30.8. The molecule has 40 heavy (non-hydrogen) atoms. The SMILES string of the molecule is CC1(C)c2sc(-c3ccc4c(c3)c3ccccc3n4-c3ccccc3)cc2-n2c3ccncc3c3cncc1c32. The molecule has 9 rings (SSSR count). The number of nitrogens with zero attached hydrogens (tertiary/aromatic N) is 4. The Morgan fingerprint density at radius 1 is 0.650 bits per heavy atom. The van der Waals surface area contributed by atoms with Crippen LogP contribution in [0, 0.1) is 0 Å². The van der Waals surface area contributed by atoms with Crippen LogP contribution in [0.4, 0.5) is 0 Å². The molecule has 0 fully saturated rings. The van der Waals surface area contributed by atoms with Crippen molar-refractivity contribution in [2.45, 2.75) is 19.3 Å².